The number of nitrogens with zero attached hydrogens (tertiary/aromatic N) is 5. The van der Waals surface area contributed by atoms with E-state index < -0.39 is 0 Å². The van der Waals surface area contributed by atoms with Crippen LogP contribution in [-0.4, -0.2) is 64.9 Å². The molecule has 1 N–H and O–H groups in total. The molecule has 1 fully saturated rings. The van der Waals surface area contributed by atoms with E-state index in [0.29, 0.717) is 18.5 Å². The summed E-state index contributed by atoms with van der Waals surface area (Å²) in [6.45, 7) is 4.94. The van der Waals surface area contributed by atoms with Crippen LogP contribution in [0.25, 0.3) is 0 Å². The highest BCUT2D eigenvalue weighted by atomic mass is 127. The standard InChI is InChI=1S/C19H28N6OS.HI/c1-15-6-8-24(13-17(15)25-9-7-20-14-25)19(22-12-18(26)23(2)3)21-11-16-5-4-10-27-16;/h4-5,7,9-10,14-15,17H,6,8,11-13H2,1-3H3,(H,21,22);1H. The Morgan fingerprint density at radius 2 is 2.29 bits per heavy atom. The summed E-state index contributed by atoms with van der Waals surface area (Å²) < 4.78 is 2.18. The summed E-state index contributed by atoms with van der Waals surface area (Å²) in [7, 11) is 3.52. The van der Waals surface area contributed by atoms with E-state index in [-0.39, 0.29) is 36.4 Å². The first kappa shape index (κ1) is 22.7. The van der Waals surface area contributed by atoms with Gasteiger partial charge < -0.3 is 19.7 Å². The van der Waals surface area contributed by atoms with Crippen LogP contribution in [0, 0.1) is 5.92 Å². The first-order valence-electron chi connectivity index (χ1n) is 9.28. The molecule has 9 heteroatoms. The van der Waals surface area contributed by atoms with E-state index in [2.05, 4.69) is 43.1 Å². The van der Waals surface area contributed by atoms with Crippen molar-refractivity contribution in [3.8, 4) is 0 Å². The number of nitrogens with one attached hydrogen (secondary N) is 1. The van der Waals surface area contributed by atoms with Crippen molar-refractivity contribution in [1.82, 2.24) is 24.7 Å². The van der Waals surface area contributed by atoms with Gasteiger partial charge in [-0.3, -0.25) is 4.79 Å². The van der Waals surface area contributed by atoms with E-state index >= 15 is 0 Å². The number of imidazole rings is 1. The van der Waals surface area contributed by atoms with Crippen LogP contribution < -0.4 is 5.32 Å². The Balaban J connectivity index is 0.00000280. The van der Waals surface area contributed by atoms with Crippen LogP contribution in [0.3, 0.4) is 0 Å². The van der Waals surface area contributed by atoms with Crippen LogP contribution in [0.1, 0.15) is 24.3 Å². The third-order valence-corrected chi connectivity index (χ3v) is 5.87. The molecule has 3 rings (SSSR count). The smallest absolute Gasteiger partial charge is 0.243 e. The second kappa shape index (κ2) is 10.8. The van der Waals surface area contributed by atoms with Crippen LogP contribution in [0.5, 0.6) is 0 Å². The van der Waals surface area contributed by atoms with Gasteiger partial charge in [-0.25, -0.2) is 9.98 Å². The lowest BCUT2D eigenvalue weighted by atomic mass is 9.93. The number of guanidine groups is 1. The average molecular weight is 516 g/mol. The molecule has 154 valence electrons. The Labute approximate surface area is 187 Å². The van der Waals surface area contributed by atoms with Crippen molar-refractivity contribution < 1.29 is 4.79 Å². The highest BCUT2D eigenvalue weighted by molar-refractivity contribution is 14.0. The van der Waals surface area contributed by atoms with Gasteiger partial charge in [0, 0.05) is 44.5 Å². The highest BCUT2D eigenvalue weighted by Gasteiger charge is 2.29. The fraction of sp³-hybridized carbons (Fsp3) is 0.526. The second-order valence-electron chi connectivity index (χ2n) is 7.15. The van der Waals surface area contributed by atoms with Crippen molar-refractivity contribution in [2.24, 2.45) is 10.9 Å². The van der Waals surface area contributed by atoms with Gasteiger partial charge in [0.05, 0.1) is 18.9 Å². The number of hydrogen-bond donors (Lipinski definition) is 1. The Morgan fingerprint density at radius 3 is 2.93 bits per heavy atom. The van der Waals surface area contributed by atoms with Crippen LogP contribution >= 0.6 is 35.3 Å². The molecule has 0 aromatic carbocycles. The highest BCUT2D eigenvalue weighted by Crippen LogP contribution is 2.27. The van der Waals surface area contributed by atoms with E-state index in [4.69, 9.17) is 0 Å². The summed E-state index contributed by atoms with van der Waals surface area (Å²) in [6, 6.07) is 4.50. The van der Waals surface area contributed by atoms with E-state index in [1.54, 1.807) is 30.3 Å². The first-order valence-corrected chi connectivity index (χ1v) is 10.2. The summed E-state index contributed by atoms with van der Waals surface area (Å²) in [5.41, 5.74) is 0. The van der Waals surface area contributed by atoms with Gasteiger partial charge in [0.2, 0.25) is 5.91 Å². The van der Waals surface area contributed by atoms with Gasteiger partial charge in [0.25, 0.3) is 0 Å². The molecule has 0 spiro atoms. The SMILES string of the molecule is CC1CCN(C(=NCC(=O)N(C)C)NCc2cccs2)CC1n1ccnc1.I. The monoisotopic (exact) mass is 516 g/mol. The van der Waals surface area contributed by atoms with Crippen molar-refractivity contribution in [1.29, 1.82) is 0 Å². The Hall–Kier alpha value is -1.62. The fourth-order valence-electron chi connectivity index (χ4n) is 3.23. The van der Waals surface area contributed by atoms with Crippen molar-refractivity contribution in [3.63, 3.8) is 0 Å². The Morgan fingerprint density at radius 1 is 1.46 bits per heavy atom. The van der Waals surface area contributed by atoms with Crippen LogP contribution in [0.2, 0.25) is 0 Å². The molecule has 3 heterocycles. The number of halogens is 1. The number of carbonyl (C=O) groups is 1. The minimum Gasteiger partial charge on any atom is -0.351 e. The van der Waals surface area contributed by atoms with Crippen LogP contribution in [-0.2, 0) is 11.3 Å². The summed E-state index contributed by atoms with van der Waals surface area (Å²) in [5, 5.41) is 5.53. The topological polar surface area (TPSA) is 65.8 Å². The molecule has 2 aromatic rings. The van der Waals surface area contributed by atoms with Gasteiger partial charge >= 0.3 is 0 Å². The quantitative estimate of drug-likeness (QED) is 0.377. The van der Waals surface area contributed by atoms with Crippen molar-refractivity contribution in [2.75, 3.05) is 33.7 Å². The van der Waals surface area contributed by atoms with Crippen LogP contribution in [0.15, 0.2) is 41.2 Å². The summed E-state index contributed by atoms with van der Waals surface area (Å²) in [6.07, 6.45) is 6.81. The molecule has 1 aliphatic rings. The maximum atomic E-state index is 12.0. The van der Waals surface area contributed by atoms with Gasteiger partial charge in [0.1, 0.15) is 6.54 Å². The molecule has 0 aliphatic carbocycles. The van der Waals surface area contributed by atoms with Crippen molar-refractivity contribution >= 4 is 47.2 Å². The molecule has 2 aromatic heterocycles. The molecule has 28 heavy (non-hydrogen) atoms. The number of likely N-dealkylation sites (tertiary alicyclic amines) is 1. The van der Waals surface area contributed by atoms with Gasteiger partial charge in [-0.1, -0.05) is 13.0 Å². The van der Waals surface area contributed by atoms with Gasteiger partial charge in [-0.15, -0.1) is 35.3 Å². The zero-order chi connectivity index (χ0) is 19.2. The number of aromatic nitrogens is 2. The molecule has 2 atom stereocenters. The van der Waals surface area contributed by atoms with Crippen molar-refractivity contribution in [3.05, 3.63) is 41.1 Å². The Kier molecular flexibility index (Phi) is 8.74. The number of carbonyl (C=O) groups excluding carboxylic acids is 1. The minimum atomic E-state index is 0. The second-order valence-corrected chi connectivity index (χ2v) is 8.18. The molecule has 1 amide bonds. The average Bonchev–Trinajstić information content (AvgIpc) is 3.36. The molecule has 1 saturated heterocycles. The number of aliphatic imine (C=N–C) groups is 1. The van der Waals surface area contributed by atoms with E-state index in [1.165, 1.54) is 4.88 Å². The lowest BCUT2D eigenvalue weighted by molar-refractivity contribution is -0.127. The zero-order valence-electron chi connectivity index (χ0n) is 16.6. The normalized spacial score (nSPS) is 19.8. The summed E-state index contributed by atoms with van der Waals surface area (Å²) in [4.78, 5) is 25.9. The molecule has 0 radical (unpaired) electrons. The number of hydrogen-bond acceptors (Lipinski definition) is 4. The molecular weight excluding hydrogens is 487 g/mol. The number of thiophene rings is 1. The van der Waals surface area contributed by atoms with Gasteiger partial charge in [-0.05, 0) is 23.8 Å². The molecule has 7 nitrogen and oxygen atoms in total. The van der Waals surface area contributed by atoms with E-state index in [1.807, 2.05) is 24.8 Å². The fourth-order valence-corrected chi connectivity index (χ4v) is 3.87. The van der Waals surface area contributed by atoms with Gasteiger partial charge in [-0.2, -0.15) is 0 Å². The lowest BCUT2D eigenvalue weighted by Gasteiger charge is -2.39. The molecule has 0 bridgehead atoms. The Bertz CT molecular complexity index is 747. The number of likely N-dealkylation sites (N-methyl/N-ethyl adjacent to an activating group) is 1. The lowest BCUT2D eigenvalue weighted by Crippen LogP contribution is -2.49. The van der Waals surface area contributed by atoms with Crippen molar-refractivity contribution in [2.45, 2.75) is 25.9 Å². The molecular formula is C19H29IN6OS. The molecule has 2 unspecified atom stereocenters. The third kappa shape index (κ3) is 5.94. The predicted molar refractivity (Wildman–Crippen MR) is 124 cm³/mol. The van der Waals surface area contributed by atoms with Crippen LogP contribution in [0.4, 0.5) is 0 Å². The van der Waals surface area contributed by atoms with E-state index in [0.717, 1.165) is 25.5 Å². The zero-order valence-corrected chi connectivity index (χ0v) is 19.8. The maximum absolute atomic E-state index is 12.0. The molecule has 1 aliphatic heterocycles. The maximum Gasteiger partial charge on any atom is 0.243 e. The predicted octanol–water partition coefficient (Wildman–Crippen LogP) is 2.68. The largest absolute Gasteiger partial charge is 0.351 e. The van der Waals surface area contributed by atoms with Gasteiger partial charge in [0.15, 0.2) is 5.96 Å². The summed E-state index contributed by atoms with van der Waals surface area (Å²) in [5.74, 6) is 1.37. The number of piperidine rings is 1. The number of rotatable bonds is 5. The number of amides is 1. The first-order chi connectivity index (χ1) is 13.0. The minimum absolute atomic E-state index is 0. The third-order valence-electron chi connectivity index (χ3n) is 4.99. The summed E-state index contributed by atoms with van der Waals surface area (Å²) >= 11 is 1.72. The molecule has 0 saturated carbocycles. The van der Waals surface area contributed by atoms with E-state index in [9.17, 15) is 4.79 Å².